The Bertz CT molecular complexity index is 1300. The molecular weight excluding hydrogens is 473 g/mol. The van der Waals surface area contributed by atoms with E-state index in [0.29, 0.717) is 11.8 Å². The van der Waals surface area contributed by atoms with Crippen LogP contribution >= 0.6 is 7.92 Å². The van der Waals surface area contributed by atoms with E-state index < -0.39 is 7.92 Å². The molecule has 0 bridgehead atoms. The molecule has 0 aliphatic rings. The van der Waals surface area contributed by atoms with Gasteiger partial charge in [0.05, 0.1) is 19.9 Å². The van der Waals surface area contributed by atoms with Gasteiger partial charge >= 0.3 is 0 Å². The Labute approximate surface area is 223 Å². The fraction of sp³-hybridized carbons (Fsp3) is 0.242. The second kappa shape index (κ2) is 12.2. The first-order valence-electron chi connectivity index (χ1n) is 12.8. The van der Waals surface area contributed by atoms with Crippen LogP contribution in [-0.4, -0.2) is 20.4 Å². The van der Waals surface area contributed by atoms with Crippen molar-refractivity contribution in [3.8, 4) is 11.5 Å². The predicted octanol–water partition coefficient (Wildman–Crippen LogP) is 7.46. The number of hydrogen-bond donors (Lipinski definition) is 0. The van der Waals surface area contributed by atoms with Crippen molar-refractivity contribution in [2.24, 2.45) is 4.99 Å². The van der Waals surface area contributed by atoms with Gasteiger partial charge in [0.2, 0.25) is 0 Å². The van der Waals surface area contributed by atoms with Crippen LogP contribution in [0.3, 0.4) is 0 Å². The van der Waals surface area contributed by atoms with Crippen LogP contribution in [0, 0.1) is 0 Å². The molecular formula is C33H36NO2P. The number of aliphatic imine (C=N–C) groups is 1. The zero-order valence-corrected chi connectivity index (χ0v) is 23.5. The Morgan fingerprint density at radius 2 is 1.05 bits per heavy atom. The average molecular weight is 510 g/mol. The van der Waals surface area contributed by atoms with Crippen molar-refractivity contribution in [3.05, 3.63) is 108 Å². The van der Waals surface area contributed by atoms with E-state index in [1.807, 2.05) is 30.5 Å². The zero-order chi connectivity index (χ0) is 26.4. The number of nitrogens with zero attached hydrogens (tertiary/aromatic N) is 1. The first-order valence-corrected chi connectivity index (χ1v) is 14.1. The molecule has 0 heterocycles. The molecule has 4 aromatic carbocycles. The van der Waals surface area contributed by atoms with E-state index in [4.69, 9.17) is 14.5 Å². The number of rotatable bonds is 9. The van der Waals surface area contributed by atoms with E-state index in [1.54, 1.807) is 14.2 Å². The van der Waals surface area contributed by atoms with Gasteiger partial charge in [0, 0.05) is 22.4 Å². The number of ether oxygens (including phenoxy) is 2. The molecule has 0 spiro atoms. The molecule has 3 nitrogen and oxygen atoms in total. The molecule has 0 aromatic heterocycles. The van der Waals surface area contributed by atoms with Crippen molar-refractivity contribution in [1.29, 1.82) is 0 Å². The summed E-state index contributed by atoms with van der Waals surface area (Å²) in [6, 6.07) is 31.7. The first kappa shape index (κ1) is 26.6. The summed E-state index contributed by atoms with van der Waals surface area (Å²) in [7, 11) is 2.49. The minimum Gasteiger partial charge on any atom is -0.496 e. The van der Waals surface area contributed by atoms with Crippen molar-refractivity contribution in [1.82, 2.24) is 0 Å². The maximum absolute atomic E-state index is 5.84. The highest BCUT2D eigenvalue weighted by atomic mass is 31.1. The van der Waals surface area contributed by atoms with E-state index in [9.17, 15) is 0 Å². The Balaban J connectivity index is 1.93. The Morgan fingerprint density at radius 1 is 0.595 bits per heavy atom. The van der Waals surface area contributed by atoms with E-state index in [2.05, 4.69) is 94.4 Å². The van der Waals surface area contributed by atoms with Crippen LogP contribution < -0.4 is 25.4 Å². The molecule has 4 rings (SSSR count). The molecule has 0 amide bonds. The molecule has 37 heavy (non-hydrogen) atoms. The minimum atomic E-state index is -0.982. The highest BCUT2D eigenvalue weighted by molar-refractivity contribution is 7.80. The van der Waals surface area contributed by atoms with Crippen LogP contribution in [0.15, 0.2) is 96.0 Å². The van der Waals surface area contributed by atoms with Gasteiger partial charge in [0.25, 0.3) is 0 Å². The molecule has 0 saturated heterocycles. The number of hydrogen-bond acceptors (Lipinski definition) is 3. The standard InChI is InChI=1S/C33H36NO2P/c1-23(2)26-15-13-16-27(24(3)4)33(26)34-22-25-14-7-10-19-30(25)37(31-20-11-8-17-28(31)35-5)32-21-12-9-18-29(32)36-6/h7-24H,1-6H3. The monoisotopic (exact) mass is 509 g/mol. The summed E-state index contributed by atoms with van der Waals surface area (Å²) >= 11 is 0. The number of para-hydroxylation sites is 3. The maximum atomic E-state index is 5.84. The van der Waals surface area contributed by atoms with Crippen LogP contribution in [0.4, 0.5) is 5.69 Å². The van der Waals surface area contributed by atoms with Gasteiger partial charge in [-0.15, -0.1) is 0 Å². The van der Waals surface area contributed by atoms with Crippen molar-refractivity contribution >= 4 is 35.7 Å². The van der Waals surface area contributed by atoms with E-state index in [1.165, 1.54) is 16.4 Å². The van der Waals surface area contributed by atoms with E-state index in [-0.39, 0.29) is 0 Å². The highest BCUT2D eigenvalue weighted by Gasteiger charge is 2.25. The molecule has 0 saturated carbocycles. The third-order valence-corrected chi connectivity index (χ3v) is 9.10. The summed E-state index contributed by atoms with van der Waals surface area (Å²) in [5.41, 5.74) is 4.73. The van der Waals surface area contributed by atoms with Gasteiger partial charge in [0.15, 0.2) is 0 Å². The first-order chi connectivity index (χ1) is 18.0. The third-order valence-electron chi connectivity index (χ3n) is 6.50. The lowest BCUT2D eigenvalue weighted by Crippen LogP contribution is -2.25. The Kier molecular flexibility index (Phi) is 8.79. The van der Waals surface area contributed by atoms with Gasteiger partial charge in [-0.3, -0.25) is 4.99 Å². The Morgan fingerprint density at radius 3 is 1.54 bits per heavy atom. The van der Waals surface area contributed by atoms with E-state index in [0.717, 1.165) is 33.4 Å². The summed E-state index contributed by atoms with van der Waals surface area (Å²) < 4.78 is 11.7. The SMILES string of the molecule is COc1ccccc1P(c1ccccc1C=Nc1c(C(C)C)cccc1C(C)C)c1ccccc1OC. The van der Waals surface area contributed by atoms with Gasteiger partial charge < -0.3 is 9.47 Å². The quantitative estimate of drug-likeness (QED) is 0.173. The van der Waals surface area contributed by atoms with Gasteiger partial charge in [-0.05, 0) is 48.3 Å². The molecule has 0 fully saturated rings. The summed E-state index contributed by atoms with van der Waals surface area (Å²) in [6.45, 7) is 8.92. The second-order valence-electron chi connectivity index (χ2n) is 9.59. The third kappa shape index (κ3) is 5.78. The van der Waals surface area contributed by atoms with Gasteiger partial charge in [-0.1, -0.05) is 107 Å². The van der Waals surface area contributed by atoms with Crippen LogP contribution in [-0.2, 0) is 0 Å². The van der Waals surface area contributed by atoms with Crippen LogP contribution in [0.5, 0.6) is 11.5 Å². The highest BCUT2D eigenvalue weighted by Crippen LogP contribution is 2.40. The lowest BCUT2D eigenvalue weighted by atomic mass is 9.93. The summed E-state index contributed by atoms with van der Waals surface area (Å²) in [5.74, 6) is 2.53. The van der Waals surface area contributed by atoms with Crippen molar-refractivity contribution in [2.75, 3.05) is 14.2 Å². The fourth-order valence-electron chi connectivity index (χ4n) is 4.61. The minimum absolute atomic E-state index is 0.389. The molecule has 4 aromatic rings. The van der Waals surface area contributed by atoms with Crippen molar-refractivity contribution < 1.29 is 9.47 Å². The lowest BCUT2D eigenvalue weighted by molar-refractivity contribution is 0.417. The fourth-order valence-corrected chi connectivity index (χ4v) is 7.26. The maximum Gasteiger partial charge on any atom is 0.127 e. The largest absolute Gasteiger partial charge is 0.496 e. The molecule has 0 N–H and O–H groups in total. The van der Waals surface area contributed by atoms with Crippen LogP contribution in [0.2, 0.25) is 0 Å². The molecule has 0 unspecified atom stereocenters. The molecule has 0 aliphatic heterocycles. The number of benzene rings is 4. The van der Waals surface area contributed by atoms with Crippen molar-refractivity contribution in [3.63, 3.8) is 0 Å². The van der Waals surface area contributed by atoms with E-state index >= 15 is 0 Å². The summed E-state index contributed by atoms with van der Waals surface area (Å²) in [6.07, 6.45) is 2.04. The second-order valence-corrected chi connectivity index (χ2v) is 11.7. The number of methoxy groups -OCH3 is 2. The predicted molar refractivity (Wildman–Crippen MR) is 160 cm³/mol. The smallest absolute Gasteiger partial charge is 0.127 e. The normalized spacial score (nSPS) is 11.6. The summed E-state index contributed by atoms with van der Waals surface area (Å²) in [4.78, 5) is 5.16. The van der Waals surface area contributed by atoms with Gasteiger partial charge in [-0.25, -0.2) is 0 Å². The van der Waals surface area contributed by atoms with Crippen LogP contribution in [0.1, 0.15) is 56.2 Å². The average Bonchev–Trinajstić information content (AvgIpc) is 2.92. The van der Waals surface area contributed by atoms with Gasteiger partial charge in [-0.2, -0.15) is 0 Å². The summed E-state index contributed by atoms with van der Waals surface area (Å²) in [5, 5.41) is 3.51. The molecule has 4 heteroatoms. The zero-order valence-electron chi connectivity index (χ0n) is 22.6. The van der Waals surface area contributed by atoms with Crippen LogP contribution in [0.25, 0.3) is 0 Å². The molecule has 190 valence electrons. The topological polar surface area (TPSA) is 30.8 Å². The molecule has 0 atom stereocenters. The lowest BCUT2D eigenvalue weighted by Gasteiger charge is -2.24. The van der Waals surface area contributed by atoms with Gasteiger partial charge in [0.1, 0.15) is 11.5 Å². The Hall–Kier alpha value is -3.42. The van der Waals surface area contributed by atoms with Crippen molar-refractivity contribution in [2.45, 2.75) is 39.5 Å². The molecule has 0 aliphatic carbocycles. The molecule has 0 radical (unpaired) electrons.